The third-order valence-electron chi connectivity index (χ3n) is 3.72. The first-order chi connectivity index (χ1) is 8.38. The Labute approximate surface area is 129 Å². The first-order valence-corrected chi connectivity index (χ1v) is 6.85. The van der Waals surface area contributed by atoms with E-state index in [2.05, 4.69) is 35.2 Å². The van der Waals surface area contributed by atoms with Gasteiger partial charge in [0.2, 0.25) is 0 Å². The maximum atomic E-state index is 5.76. The van der Waals surface area contributed by atoms with Crippen molar-refractivity contribution in [3.05, 3.63) is 35.9 Å². The van der Waals surface area contributed by atoms with Crippen LogP contribution in [0.5, 0.6) is 0 Å². The summed E-state index contributed by atoms with van der Waals surface area (Å²) in [4.78, 5) is 2.59. The molecule has 2 nitrogen and oxygen atoms in total. The third-order valence-corrected chi connectivity index (χ3v) is 3.72. The maximum Gasteiger partial charge on any atom is 0.00217 e. The number of hydrogen-bond acceptors (Lipinski definition) is 2. The number of rotatable bonds is 5. The van der Waals surface area contributed by atoms with Crippen LogP contribution in [0.4, 0.5) is 0 Å². The Kier molecular flexibility index (Phi) is 10.3. The second kappa shape index (κ2) is 10.5. The average molecular weight is 305 g/mol. The van der Waals surface area contributed by atoms with Crippen LogP contribution in [0.3, 0.4) is 0 Å². The van der Waals surface area contributed by atoms with E-state index >= 15 is 0 Å². The van der Waals surface area contributed by atoms with Gasteiger partial charge in [-0.3, -0.25) is 0 Å². The molecule has 2 N–H and O–H groups in total. The molecule has 1 aliphatic rings. The van der Waals surface area contributed by atoms with Crippen molar-refractivity contribution in [1.29, 1.82) is 0 Å². The van der Waals surface area contributed by atoms with Crippen molar-refractivity contribution < 1.29 is 0 Å². The lowest BCUT2D eigenvalue weighted by molar-refractivity contribution is 0.176. The molecule has 1 saturated heterocycles. The Morgan fingerprint density at radius 1 is 1.16 bits per heavy atom. The van der Waals surface area contributed by atoms with E-state index in [-0.39, 0.29) is 24.8 Å². The second-order valence-electron chi connectivity index (χ2n) is 5.13. The Hall–Kier alpha value is -0.280. The molecular formula is C15H26Cl2N2. The third kappa shape index (κ3) is 6.62. The zero-order valence-electron chi connectivity index (χ0n) is 11.5. The van der Waals surface area contributed by atoms with E-state index in [4.69, 9.17) is 5.73 Å². The van der Waals surface area contributed by atoms with E-state index in [0.717, 1.165) is 12.5 Å². The molecule has 19 heavy (non-hydrogen) atoms. The molecule has 0 saturated carbocycles. The highest BCUT2D eigenvalue weighted by atomic mass is 35.5. The Morgan fingerprint density at radius 3 is 2.58 bits per heavy atom. The van der Waals surface area contributed by atoms with Crippen molar-refractivity contribution in [2.24, 2.45) is 11.7 Å². The molecule has 1 aromatic carbocycles. The lowest BCUT2D eigenvalue weighted by Crippen LogP contribution is -2.38. The summed E-state index contributed by atoms with van der Waals surface area (Å²) in [5.41, 5.74) is 7.22. The van der Waals surface area contributed by atoms with Crippen LogP contribution in [0.25, 0.3) is 0 Å². The van der Waals surface area contributed by atoms with Crippen LogP contribution in [0.15, 0.2) is 30.3 Å². The molecule has 0 amide bonds. The topological polar surface area (TPSA) is 29.3 Å². The summed E-state index contributed by atoms with van der Waals surface area (Å²) >= 11 is 0. The molecule has 1 fully saturated rings. The molecule has 0 radical (unpaired) electrons. The lowest BCUT2D eigenvalue weighted by Gasteiger charge is -2.32. The highest BCUT2D eigenvalue weighted by Crippen LogP contribution is 2.15. The summed E-state index contributed by atoms with van der Waals surface area (Å²) in [6.07, 6.45) is 5.12. The van der Waals surface area contributed by atoms with Gasteiger partial charge in [-0.15, -0.1) is 24.8 Å². The number of nitrogens with zero attached hydrogens (tertiary/aromatic N) is 1. The summed E-state index contributed by atoms with van der Waals surface area (Å²) in [7, 11) is 0. The molecule has 0 aromatic heterocycles. The maximum absolute atomic E-state index is 5.76. The van der Waals surface area contributed by atoms with Crippen LogP contribution in [0.2, 0.25) is 0 Å². The predicted octanol–water partition coefficient (Wildman–Crippen LogP) is 3.13. The zero-order chi connectivity index (χ0) is 11.9. The molecule has 1 aromatic rings. The van der Waals surface area contributed by atoms with E-state index in [0.29, 0.717) is 0 Å². The molecule has 110 valence electrons. The van der Waals surface area contributed by atoms with Gasteiger partial charge in [-0.25, -0.2) is 0 Å². The SMILES string of the molecule is Cl.Cl.NCC1CCCN(CCCc2ccccc2)C1. The van der Waals surface area contributed by atoms with E-state index in [1.54, 1.807) is 0 Å². The molecule has 0 aliphatic carbocycles. The van der Waals surface area contributed by atoms with Crippen LogP contribution >= 0.6 is 24.8 Å². The van der Waals surface area contributed by atoms with E-state index < -0.39 is 0 Å². The minimum atomic E-state index is 0. The molecule has 1 atom stereocenters. The highest BCUT2D eigenvalue weighted by molar-refractivity contribution is 5.85. The second-order valence-corrected chi connectivity index (χ2v) is 5.13. The molecular weight excluding hydrogens is 279 g/mol. The fraction of sp³-hybridized carbons (Fsp3) is 0.600. The van der Waals surface area contributed by atoms with Gasteiger partial charge in [0.1, 0.15) is 0 Å². The van der Waals surface area contributed by atoms with Gasteiger partial charge >= 0.3 is 0 Å². The van der Waals surface area contributed by atoms with Gasteiger partial charge in [0, 0.05) is 6.54 Å². The van der Waals surface area contributed by atoms with E-state index in [1.165, 1.54) is 50.9 Å². The van der Waals surface area contributed by atoms with Gasteiger partial charge in [-0.05, 0) is 56.8 Å². The van der Waals surface area contributed by atoms with Crippen LogP contribution < -0.4 is 5.73 Å². The predicted molar refractivity (Wildman–Crippen MR) is 87.5 cm³/mol. The quantitative estimate of drug-likeness (QED) is 0.905. The van der Waals surface area contributed by atoms with Crippen LogP contribution in [0, 0.1) is 5.92 Å². The van der Waals surface area contributed by atoms with Crippen molar-refractivity contribution in [2.75, 3.05) is 26.2 Å². The van der Waals surface area contributed by atoms with E-state index in [9.17, 15) is 0 Å². The molecule has 1 heterocycles. The number of benzene rings is 1. The number of hydrogen-bond donors (Lipinski definition) is 1. The fourth-order valence-corrected chi connectivity index (χ4v) is 2.70. The summed E-state index contributed by atoms with van der Waals surface area (Å²) in [5, 5.41) is 0. The highest BCUT2D eigenvalue weighted by Gasteiger charge is 2.17. The molecule has 0 spiro atoms. The minimum absolute atomic E-state index is 0. The Morgan fingerprint density at radius 2 is 1.89 bits per heavy atom. The van der Waals surface area contributed by atoms with Crippen molar-refractivity contribution in [3.8, 4) is 0 Å². The van der Waals surface area contributed by atoms with Crippen LogP contribution in [-0.2, 0) is 6.42 Å². The molecule has 0 bridgehead atoms. The Balaban J connectivity index is 0.00000162. The van der Waals surface area contributed by atoms with Crippen LogP contribution in [0.1, 0.15) is 24.8 Å². The van der Waals surface area contributed by atoms with Gasteiger partial charge in [-0.2, -0.15) is 0 Å². The number of likely N-dealkylation sites (tertiary alicyclic amines) is 1. The Bertz CT molecular complexity index is 319. The molecule has 2 rings (SSSR count). The largest absolute Gasteiger partial charge is 0.330 e. The smallest absolute Gasteiger partial charge is 0.00217 e. The monoisotopic (exact) mass is 304 g/mol. The fourth-order valence-electron chi connectivity index (χ4n) is 2.70. The number of halogens is 2. The lowest BCUT2D eigenvalue weighted by atomic mass is 9.98. The molecule has 1 aliphatic heterocycles. The summed E-state index contributed by atoms with van der Waals surface area (Å²) in [6.45, 7) is 4.57. The first-order valence-electron chi connectivity index (χ1n) is 6.85. The normalized spacial score (nSPS) is 19.3. The van der Waals surface area contributed by atoms with Gasteiger partial charge < -0.3 is 10.6 Å². The van der Waals surface area contributed by atoms with Gasteiger partial charge in [0.15, 0.2) is 0 Å². The van der Waals surface area contributed by atoms with E-state index in [1.807, 2.05) is 0 Å². The molecule has 4 heteroatoms. The van der Waals surface area contributed by atoms with Crippen molar-refractivity contribution >= 4 is 24.8 Å². The van der Waals surface area contributed by atoms with Crippen molar-refractivity contribution in [3.63, 3.8) is 0 Å². The summed E-state index contributed by atoms with van der Waals surface area (Å²) < 4.78 is 0. The number of nitrogens with two attached hydrogens (primary N) is 1. The van der Waals surface area contributed by atoms with Crippen molar-refractivity contribution in [1.82, 2.24) is 4.90 Å². The van der Waals surface area contributed by atoms with Crippen LogP contribution in [-0.4, -0.2) is 31.1 Å². The van der Waals surface area contributed by atoms with Gasteiger partial charge in [-0.1, -0.05) is 30.3 Å². The number of piperidine rings is 1. The average Bonchev–Trinajstić information content (AvgIpc) is 2.40. The first kappa shape index (κ1) is 18.7. The van der Waals surface area contributed by atoms with Gasteiger partial charge in [0.05, 0.1) is 0 Å². The summed E-state index contributed by atoms with van der Waals surface area (Å²) in [5.74, 6) is 0.737. The molecule has 1 unspecified atom stereocenters. The summed E-state index contributed by atoms with van der Waals surface area (Å²) in [6, 6.07) is 10.8. The van der Waals surface area contributed by atoms with Gasteiger partial charge in [0.25, 0.3) is 0 Å². The minimum Gasteiger partial charge on any atom is -0.330 e. The zero-order valence-corrected chi connectivity index (χ0v) is 13.1. The number of aryl methyl sites for hydroxylation is 1. The van der Waals surface area contributed by atoms with Crippen molar-refractivity contribution in [2.45, 2.75) is 25.7 Å². The standard InChI is InChI=1S/C15H24N2.2ClH/c16-12-15-9-5-11-17(13-15)10-4-8-14-6-2-1-3-7-14;;/h1-3,6-7,15H,4-5,8-13,16H2;2*1H.